The summed E-state index contributed by atoms with van der Waals surface area (Å²) in [6, 6.07) is 3.26. The Morgan fingerprint density at radius 3 is 2.67 bits per heavy atom. The summed E-state index contributed by atoms with van der Waals surface area (Å²) < 4.78 is 29.3. The van der Waals surface area contributed by atoms with Crippen molar-refractivity contribution >= 4 is 17.6 Å². The van der Waals surface area contributed by atoms with E-state index in [2.05, 4.69) is 20.4 Å². The number of halogens is 2. The van der Waals surface area contributed by atoms with Crippen molar-refractivity contribution in [2.24, 2.45) is 7.05 Å². The van der Waals surface area contributed by atoms with E-state index in [1.165, 1.54) is 12.3 Å². The fourth-order valence-corrected chi connectivity index (χ4v) is 2.08. The van der Waals surface area contributed by atoms with Gasteiger partial charge in [0.15, 0.2) is 5.82 Å². The van der Waals surface area contributed by atoms with Crippen molar-refractivity contribution in [3.8, 4) is 11.3 Å². The molecule has 3 rings (SSSR count). The number of benzene rings is 1. The Balaban J connectivity index is 1.97. The maximum Gasteiger partial charge on any atom is 0.338 e. The second-order valence-electron chi connectivity index (χ2n) is 4.92. The quantitative estimate of drug-likeness (QED) is 0.763. The minimum atomic E-state index is -1.40. The first-order chi connectivity index (χ1) is 11.4. The van der Waals surface area contributed by atoms with Crippen LogP contribution in [0.15, 0.2) is 36.8 Å². The van der Waals surface area contributed by atoms with Gasteiger partial charge in [-0.05, 0) is 12.1 Å². The number of aryl methyl sites for hydroxylation is 1. The van der Waals surface area contributed by atoms with Crippen LogP contribution >= 0.6 is 0 Å². The third-order valence-electron chi connectivity index (χ3n) is 3.18. The molecule has 1 aromatic carbocycles. The summed E-state index contributed by atoms with van der Waals surface area (Å²) >= 11 is 0. The summed E-state index contributed by atoms with van der Waals surface area (Å²) in [6.07, 6.45) is 4.16. The molecule has 0 saturated heterocycles. The van der Waals surface area contributed by atoms with Crippen LogP contribution < -0.4 is 5.32 Å². The Hall–Kier alpha value is -3.36. The highest BCUT2D eigenvalue weighted by Crippen LogP contribution is 2.24. The first kappa shape index (κ1) is 15.5. The first-order valence-corrected chi connectivity index (χ1v) is 6.75. The van der Waals surface area contributed by atoms with Crippen molar-refractivity contribution in [3.05, 3.63) is 54.0 Å². The maximum absolute atomic E-state index is 14.0. The topological polar surface area (TPSA) is 92.9 Å². The third kappa shape index (κ3) is 3.05. The Labute approximate surface area is 134 Å². The smallest absolute Gasteiger partial charge is 0.338 e. The molecule has 0 aliphatic heterocycles. The molecule has 0 aliphatic rings. The molecule has 0 radical (unpaired) electrons. The monoisotopic (exact) mass is 331 g/mol. The molecular weight excluding hydrogens is 320 g/mol. The summed E-state index contributed by atoms with van der Waals surface area (Å²) in [5.41, 5.74) is 0.0586. The van der Waals surface area contributed by atoms with Crippen LogP contribution in [0, 0.1) is 11.6 Å². The molecule has 2 aromatic heterocycles. The van der Waals surface area contributed by atoms with E-state index in [1.54, 1.807) is 17.9 Å². The van der Waals surface area contributed by atoms with Crippen LogP contribution in [-0.4, -0.2) is 30.8 Å². The number of hydrogen-bond donors (Lipinski definition) is 2. The van der Waals surface area contributed by atoms with Crippen molar-refractivity contribution in [2.75, 3.05) is 5.32 Å². The molecule has 0 amide bonds. The van der Waals surface area contributed by atoms with Gasteiger partial charge in [0, 0.05) is 18.8 Å². The average Bonchev–Trinajstić information content (AvgIpc) is 2.94. The lowest BCUT2D eigenvalue weighted by Crippen LogP contribution is -2.03. The van der Waals surface area contributed by atoms with Gasteiger partial charge < -0.3 is 10.4 Å². The van der Waals surface area contributed by atoms with Gasteiger partial charge in [-0.3, -0.25) is 4.68 Å². The number of nitrogens with one attached hydrogen (secondary N) is 1. The van der Waals surface area contributed by atoms with Crippen LogP contribution in [0.2, 0.25) is 0 Å². The van der Waals surface area contributed by atoms with Gasteiger partial charge in [0.25, 0.3) is 0 Å². The van der Waals surface area contributed by atoms with E-state index < -0.39 is 23.2 Å². The molecule has 7 nitrogen and oxygen atoms in total. The van der Waals surface area contributed by atoms with E-state index >= 15 is 0 Å². The van der Waals surface area contributed by atoms with Gasteiger partial charge in [-0.15, -0.1) is 0 Å². The van der Waals surface area contributed by atoms with Crippen LogP contribution in [0.1, 0.15) is 10.4 Å². The molecule has 9 heteroatoms. The van der Waals surface area contributed by atoms with Crippen LogP contribution in [0.25, 0.3) is 11.3 Å². The van der Waals surface area contributed by atoms with Crippen LogP contribution in [0.3, 0.4) is 0 Å². The van der Waals surface area contributed by atoms with Crippen LogP contribution in [-0.2, 0) is 7.05 Å². The summed E-state index contributed by atoms with van der Waals surface area (Å²) in [6.45, 7) is 0. The predicted molar refractivity (Wildman–Crippen MR) is 80.8 cm³/mol. The predicted octanol–water partition coefficient (Wildman–Crippen LogP) is 2.60. The number of hydrogen-bond acceptors (Lipinski definition) is 5. The molecule has 122 valence electrons. The number of anilines is 2. The molecule has 0 fully saturated rings. The Morgan fingerprint density at radius 1 is 1.25 bits per heavy atom. The summed E-state index contributed by atoms with van der Waals surface area (Å²) in [5.74, 6) is -3.03. The molecule has 0 saturated carbocycles. The minimum absolute atomic E-state index is 0.0992. The lowest BCUT2D eigenvalue weighted by Gasteiger charge is -2.07. The minimum Gasteiger partial charge on any atom is -0.478 e. The molecule has 2 heterocycles. The highest BCUT2D eigenvalue weighted by molar-refractivity contribution is 5.88. The fourth-order valence-electron chi connectivity index (χ4n) is 2.08. The number of carboxylic acid groups (broad SMARTS) is 1. The van der Waals surface area contributed by atoms with Gasteiger partial charge in [-0.2, -0.15) is 5.10 Å². The van der Waals surface area contributed by atoms with Gasteiger partial charge >= 0.3 is 5.97 Å². The lowest BCUT2D eigenvalue weighted by molar-refractivity contribution is 0.0692. The number of aromatic nitrogens is 4. The summed E-state index contributed by atoms with van der Waals surface area (Å²) in [7, 11) is 1.73. The first-order valence-electron chi connectivity index (χ1n) is 6.75. The molecule has 0 bridgehead atoms. The number of aromatic carboxylic acids is 1. The Kier molecular flexibility index (Phi) is 3.90. The number of nitrogens with zero attached hydrogens (tertiary/aromatic N) is 4. The average molecular weight is 331 g/mol. The summed E-state index contributed by atoms with van der Waals surface area (Å²) in [5, 5.41) is 15.6. The zero-order valence-electron chi connectivity index (χ0n) is 12.4. The van der Waals surface area contributed by atoms with Gasteiger partial charge in [-0.25, -0.2) is 23.5 Å². The highest BCUT2D eigenvalue weighted by atomic mass is 19.1. The normalized spacial score (nSPS) is 10.6. The van der Waals surface area contributed by atoms with Crippen molar-refractivity contribution < 1.29 is 18.7 Å². The van der Waals surface area contributed by atoms with E-state index in [9.17, 15) is 13.6 Å². The Bertz CT molecular complexity index is 926. The van der Waals surface area contributed by atoms with Crippen molar-refractivity contribution in [2.45, 2.75) is 0 Å². The lowest BCUT2D eigenvalue weighted by atomic mass is 10.1. The number of carbonyl (C=O) groups is 1. The highest BCUT2D eigenvalue weighted by Gasteiger charge is 2.15. The molecule has 0 atom stereocenters. The number of carboxylic acids is 1. The molecule has 24 heavy (non-hydrogen) atoms. The molecular formula is C15H11F2N5O2. The van der Waals surface area contributed by atoms with Crippen LogP contribution in [0.5, 0.6) is 0 Å². The van der Waals surface area contributed by atoms with Gasteiger partial charge in [0.2, 0.25) is 5.95 Å². The molecule has 2 N–H and O–H groups in total. The van der Waals surface area contributed by atoms with E-state index in [4.69, 9.17) is 5.11 Å². The van der Waals surface area contributed by atoms with E-state index in [0.717, 1.165) is 18.3 Å². The Morgan fingerprint density at radius 2 is 2.04 bits per heavy atom. The van der Waals surface area contributed by atoms with Crippen molar-refractivity contribution in [1.29, 1.82) is 0 Å². The van der Waals surface area contributed by atoms with E-state index in [1.807, 2.05) is 0 Å². The molecule has 3 aromatic rings. The van der Waals surface area contributed by atoms with Crippen molar-refractivity contribution in [1.82, 2.24) is 19.7 Å². The zero-order chi connectivity index (χ0) is 17.3. The second kappa shape index (κ2) is 6.03. The van der Waals surface area contributed by atoms with E-state index in [0.29, 0.717) is 5.69 Å². The zero-order valence-corrected chi connectivity index (χ0v) is 12.4. The third-order valence-corrected chi connectivity index (χ3v) is 3.18. The molecule has 0 aliphatic carbocycles. The molecule has 0 unspecified atom stereocenters. The van der Waals surface area contributed by atoms with Crippen LogP contribution in [0.4, 0.5) is 20.4 Å². The number of rotatable bonds is 4. The maximum atomic E-state index is 14.0. The molecule has 0 spiro atoms. The largest absolute Gasteiger partial charge is 0.478 e. The SMILES string of the molecule is Cn1cc(Nc2ncc(F)c(-c3ccc(C(=O)O)c(F)c3)n2)cn1. The van der Waals surface area contributed by atoms with Crippen molar-refractivity contribution in [3.63, 3.8) is 0 Å². The van der Waals surface area contributed by atoms with Gasteiger partial charge in [0.1, 0.15) is 11.5 Å². The second-order valence-corrected chi connectivity index (χ2v) is 4.92. The standard InChI is InChI=1S/C15H11F2N5O2/c1-22-7-9(5-19-22)20-15-18-6-12(17)13(21-15)8-2-3-10(14(23)24)11(16)4-8/h2-7H,1H3,(H,23,24)(H,18,20,21). The fraction of sp³-hybridized carbons (Fsp3) is 0.0667. The van der Waals surface area contributed by atoms with Gasteiger partial charge in [-0.1, -0.05) is 6.07 Å². The summed E-state index contributed by atoms with van der Waals surface area (Å²) in [4.78, 5) is 18.7. The van der Waals surface area contributed by atoms with Gasteiger partial charge in [0.05, 0.1) is 23.6 Å². The van der Waals surface area contributed by atoms with E-state index in [-0.39, 0.29) is 17.2 Å².